The normalized spacial score (nSPS) is 12.1. The third kappa shape index (κ3) is 4.59. The van der Waals surface area contributed by atoms with Crippen LogP contribution in [0.3, 0.4) is 0 Å². The molecule has 0 aliphatic rings. The molecular formula is C12H15Br2NO3. The lowest BCUT2D eigenvalue weighted by molar-refractivity contribution is -0.116. The highest BCUT2D eigenvalue weighted by molar-refractivity contribution is 9.11. The molecule has 100 valence electrons. The maximum Gasteiger partial charge on any atom is 0.224 e. The van der Waals surface area contributed by atoms with E-state index < -0.39 is 6.10 Å². The van der Waals surface area contributed by atoms with Crippen molar-refractivity contribution in [3.8, 4) is 5.75 Å². The van der Waals surface area contributed by atoms with Crippen LogP contribution >= 0.6 is 31.9 Å². The zero-order valence-corrected chi connectivity index (χ0v) is 13.3. The highest BCUT2D eigenvalue weighted by Gasteiger charge is 2.10. The largest absolute Gasteiger partial charge is 0.495 e. The van der Waals surface area contributed by atoms with Crippen LogP contribution in [0.25, 0.3) is 0 Å². The Kier molecular flexibility index (Phi) is 6.11. The molecule has 1 unspecified atom stereocenters. The quantitative estimate of drug-likeness (QED) is 0.823. The van der Waals surface area contributed by atoms with Gasteiger partial charge in [-0.05, 0) is 51.3 Å². The molecule has 0 fully saturated rings. The monoisotopic (exact) mass is 379 g/mol. The summed E-state index contributed by atoms with van der Waals surface area (Å²) in [6, 6.07) is 3.54. The number of rotatable bonds is 5. The van der Waals surface area contributed by atoms with Gasteiger partial charge in [-0.15, -0.1) is 0 Å². The summed E-state index contributed by atoms with van der Waals surface area (Å²) >= 11 is 6.73. The number of ether oxygens (including phenoxy) is 1. The molecule has 18 heavy (non-hydrogen) atoms. The summed E-state index contributed by atoms with van der Waals surface area (Å²) in [7, 11) is 1.56. The number of aliphatic hydroxyl groups is 1. The van der Waals surface area contributed by atoms with Crippen LogP contribution < -0.4 is 10.1 Å². The number of amides is 1. The fraction of sp³-hybridized carbons (Fsp3) is 0.417. The maximum atomic E-state index is 11.7. The fourth-order valence-electron chi connectivity index (χ4n) is 1.33. The molecule has 0 bridgehead atoms. The van der Waals surface area contributed by atoms with Gasteiger partial charge in [0.1, 0.15) is 5.75 Å². The minimum absolute atomic E-state index is 0.138. The van der Waals surface area contributed by atoms with Gasteiger partial charge in [0, 0.05) is 17.0 Å². The SMILES string of the molecule is COc1cc(NC(=O)CCC(C)O)c(Br)cc1Br. The maximum absolute atomic E-state index is 11.7. The van der Waals surface area contributed by atoms with Crippen LogP contribution in [0.15, 0.2) is 21.1 Å². The zero-order valence-electron chi connectivity index (χ0n) is 10.2. The lowest BCUT2D eigenvalue weighted by atomic mass is 10.2. The Balaban J connectivity index is 2.75. The summed E-state index contributed by atoms with van der Waals surface area (Å²) in [6.45, 7) is 1.66. The Hall–Kier alpha value is -0.590. The molecule has 0 aromatic heterocycles. The summed E-state index contributed by atoms with van der Waals surface area (Å²) in [4.78, 5) is 11.7. The van der Waals surface area contributed by atoms with Gasteiger partial charge in [-0.25, -0.2) is 0 Å². The van der Waals surface area contributed by atoms with Gasteiger partial charge in [0.05, 0.1) is 23.4 Å². The number of nitrogens with one attached hydrogen (secondary N) is 1. The summed E-state index contributed by atoms with van der Waals surface area (Å²) in [5, 5.41) is 11.9. The second kappa shape index (κ2) is 7.11. The minimum Gasteiger partial charge on any atom is -0.495 e. The van der Waals surface area contributed by atoms with E-state index in [9.17, 15) is 4.79 Å². The van der Waals surface area contributed by atoms with Crippen LogP contribution in [0.1, 0.15) is 19.8 Å². The molecule has 0 saturated heterocycles. The number of methoxy groups -OCH3 is 1. The van der Waals surface area contributed by atoms with E-state index >= 15 is 0 Å². The number of halogens is 2. The van der Waals surface area contributed by atoms with Gasteiger partial charge in [-0.1, -0.05) is 0 Å². The number of carbonyl (C=O) groups is 1. The van der Waals surface area contributed by atoms with E-state index in [1.807, 2.05) is 6.07 Å². The summed E-state index contributed by atoms with van der Waals surface area (Å²) in [5.74, 6) is 0.505. The molecule has 1 rings (SSSR count). The Morgan fingerprint density at radius 2 is 2.11 bits per heavy atom. The number of benzene rings is 1. The topological polar surface area (TPSA) is 58.6 Å². The Bertz CT molecular complexity index is 436. The van der Waals surface area contributed by atoms with Crippen molar-refractivity contribution in [1.29, 1.82) is 0 Å². The van der Waals surface area contributed by atoms with E-state index in [-0.39, 0.29) is 12.3 Å². The first-order valence-corrected chi connectivity index (χ1v) is 7.03. The average Bonchev–Trinajstić information content (AvgIpc) is 2.30. The summed E-state index contributed by atoms with van der Waals surface area (Å²) in [5.41, 5.74) is 0.644. The van der Waals surface area contributed by atoms with Gasteiger partial charge in [0.25, 0.3) is 0 Å². The van der Waals surface area contributed by atoms with Crippen molar-refractivity contribution in [3.63, 3.8) is 0 Å². The minimum atomic E-state index is -0.473. The van der Waals surface area contributed by atoms with Crippen LogP contribution in [0.2, 0.25) is 0 Å². The molecule has 1 atom stereocenters. The molecule has 1 amide bonds. The van der Waals surface area contributed by atoms with Crippen LogP contribution in [-0.4, -0.2) is 24.2 Å². The van der Waals surface area contributed by atoms with Crippen LogP contribution in [0.4, 0.5) is 5.69 Å². The van der Waals surface area contributed by atoms with Crippen molar-refractivity contribution in [1.82, 2.24) is 0 Å². The number of hydrogen-bond donors (Lipinski definition) is 2. The molecule has 6 heteroatoms. The Morgan fingerprint density at radius 3 is 2.67 bits per heavy atom. The summed E-state index contributed by atoms with van der Waals surface area (Å²) < 4.78 is 6.73. The van der Waals surface area contributed by atoms with E-state index in [2.05, 4.69) is 37.2 Å². The number of carbonyl (C=O) groups excluding carboxylic acids is 1. The molecule has 0 aliphatic carbocycles. The van der Waals surface area contributed by atoms with Crippen molar-refractivity contribution >= 4 is 43.5 Å². The fourth-order valence-corrected chi connectivity index (χ4v) is 2.59. The van der Waals surface area contributed by atoms with Gasteiger partial charge in [-0.2, -0.15) is 0 Å². The van der Waals surface area contributed by atoms with E-state index in [1.54, 1.807) is 20.1 Å². The average molecular weight is 381 g/mol. The van der Waals surface area contributed by atoms with Gasteiger partial charge in [0.2, 0.25) is 5.91 Å². The first-order valence-electron chi connectivity index (χ1n) is 5.45. The zero-order chi connectivity index (χ0) is 13.7. The molecule has 0 radical (unpaired) electrons. The van der Waals surface area contributed by atoms with E-state index in [0.29, 0.717) is 17.9 Å². The van der Waals surface area contributed by atoms with Crippen LogP contribution in [0.5, 0.6) is 5.75 Å². The first kappa shape index (κ1) is 15.5. The molecule has 0 saturated carbocycles. The highest BCUT2D eigenvalue weighted by atomic mass is 79.9. The van der Waals surface area contributed by atoms with Gasteiger partial charge < -0.3 is 15.2 Å². The molecule has 0 aliphatic heterocycles. The van der Waals surface area contributed by atoms with Crippen molar-refractivity contribution in [3.05, 3.63) is 21.1 Å². The molecule has 1 aromatic rings. The lowest BCUT2D eigenvalue weighted by Gasteiger charge is -2.11. The van der Waals surface area contributed by atoms with Gasteiger partial charge >= 0.3 is 0 Å². The van der Waals surface area contributed by atoms with Crippen molar-refractivity contribution < 1.29 is 14.6 Å². The number of hydrogen-bond acceptors (Lipinski definition) is 3. The van der Waals surface area contributed by atoms with Crippen molar-refractivity contribution in [2.75, 3.05) is 12.4 Å². The molecule has 2 N–H and O–H groups in total. The molecular weight excluding hydrogens is 366 g/mol. The number of anilines is 1. The Morgan fingerprint density at radius 1 is 1.44 bits per heavy atom. The molecule has 4 nitrogen and oxygen atoms in total. The van der Waals surface area contributed by atoms with E-state index in [4.69, 9.17) is 9.84 Å². The predicted molar refractivity (Wildman–Crippen MR) is 77.9 cm³/mol. The summed E-state index contributed by atoms with van der Waals surface area (Å²) in [6.07, 6.45) is 0.248. The van der Waals surface area contributed by atoms with E-state index in [0.717, 1.165) is 8.95 Å². The van der Waals surface area contributed by atoms with Gasteiger partial charge in [-0.3, -0.25) is 4.79 Å². The molecule has 0 spiro atoms. The van der Waals surface area contributed by atoms with Crippen molar-refractivity contribution in [2.24, 2.45) is 0 Å². The predicted octanol–water partition coefficient (Wildman–Crippen LogP) is 3.32. The van der Waals surface area contributed by atoms with Crippen LogP contribution in [-0.2, 0) is 4.79 Å². The molecule has 1 aromatic carbocycles. The second-order valence-corrected chi connectivity index (χ2v) is 5.61. The van der Waals surface area contributed by atoms with E-state index in [1.165, 1.54) is 0 Å². The van der Waals surface area contributed by atoms with Crippen LogP contribution in [0, 0.1) is 0 Å². The van der Waals surface area contributed by atoms with Crippen molar-refractivity contribution in [2.45, 2.75) is 25.9 Å². The third-order valence-electron chi connectivity index (χ3n) is 2.30. The smallest absolute Gasteiger partial charge is 0.224 e. The van der Waals surface area contributed by atoms with Gasteiger partial charge in [0.15, 0.2) is 0 Å². The first-order chi connectivity index (χ1) is 8.43. The second-order valence-electron chi connectivity index (χ2n) is 3.90. The number of aliphatic hydroxyl groups excluding tert-OH is 1. The third-order valence-corrected chi connectivity index (χ3v) is 3.58. The highest BCUT2D eigenvalue weighted by Crippen LogP contribution is 2.34. The standard InChI is InChI=1S/C12H15Br2NO3/c1-7(16)3-4-12(17)15-10-6-11(18-2)9(14)5-8(10)13/h5-7,16H,3-4H2,1-2H3,(H,15,17). The molecule has 0 heterocycles. The Labute approximate surface area is 123 Å². The lowest BCUT2D eigenvalue weighted by Crippen LogP contribution is -2.14.